The molecule has 0 aliphatic heterocycles. The highest BCUT2D eigenvalue weighted by Gasteiger charge is 2.12. The van der Waals surface area contributed by atoms with Gasteiger partial charge < -0.3 is 4.74 Å². The summed E-state index contributed by atoms with van der Waals surface area (Å²) in [6.07, 6.45) is 1.61. The van der Waals surface area contributed by atoms with Gasteiger partial charge in [0.15, 0.2) is 0 Å². The summed E-state index contributed by atoms with van der Waals surface area (Å²) in [5, 5.41) is 6.12. The van der Waals surface area contributed by atoms with Gasteiger partial charge in [-0.1, -0.05) is 78.9 Å². The molecule has 0 aliphatic rings. The molecule has 1 N–H and O–H groups in total. The largest absolute Gasteiger partial charge is 0.488 e. The lowest BCUT2D eigenvalue weighted by molar-refractivity contribution is 0.0956. The van der Waals surface area contributed by atoms with E-state index in [0.29, 0.717) is 17.9 Å². The Hall–Kier alpha value is -3.92. The van der Waals surface area contributed by atoms with Crippen LogP contribution >= 0.6 is 0 Å². The molecule has 4 rings (SSSR count). The number of carbonyl (C=O) groups is 1. The molecular weight excluding hydrogens is 372 g/mol. The molecule has 0 saturated carbocycles. The molecule has 0 fully saturated rings. The van der Waals surface area contributed by atoms with Crippen molar-refractivity contribution in [1.82, 2.24) is 5.43 Å². The van der Waals surface area contributed by atoms with Crippen LogP contribution in [0.15, 0.2) is 96.1 Å². The molecule has 4 nitrogen and oxygen atoms in total. The number of para-hydroxylation sites is 1. The highest BCUT2D eigenvalue weighted by molar-refractivity contribution is 6.08. The Morgan fingerprint density at radius 2 is 1.63 bits per heavy atom. The number of hydrogen-bond acceptors (Lipinski definition) is 3. The third kappa shape index (κ3) is 4.39. The molecule has 1 amide bonds. The maximum absolute atomic E-state index is 12.8. The van der Waals surface area contributed by atoms with Gasteiger partial charge in [0, 0.05) is 5.56 Å². The van der Waals surface area contributed by atoms with Crippen LogP contribution in [-0.4, -0.2) is 12.1 Å². The number of hydrazone groups is 1. The quantitative estimate of drug-likeness (QED) is 0.347. The van der Waals surface area contributed by atoms with Gasteiger partial charge in [0.05, 0.1) is 11.8 Å². The summed E-state index contributed by atoms with van der Waals surface area (Å²) >= 11 is 0. The second kappa shape index (κ2) is 9.05. The average Bonchev–Trinajstić information content (AvgIpc) is 2.79. The van der Waals surface area contributed by atoms with Crippen LogP contribution in [0, 0.1) is 6.92 Å². The number of benzene rings is 4. The van der Waals surface area contributed by atoms with E-state index in [2.05, 4.69) is 10.5 Å². The van der Waals surface area contributed by atoms with Gasteiger partial charge in [-0.05, 0) is 41.0 Å². The number of hydrogen-bond donors (Lipinski definition) is 1. The number of rotatable bonds is 6. The molecule has 0 radical (unpaired) electrons. The van der Waals surface area contributed by atoms with Gasteiger partial charge in [-0.3, -0.25) is 4.79 Å². The molecule has 30 heavy (non-hydrogen) atoms. The Kier molecular flexibility index (Phi) is 5.85. The summed E-state index contributed by atoms with van der Waals surface area (Å²) in [4.78, 5) is 12.8. The van der Waals surface area contributed by atoms with E-state index < -0.39 is 0 Å². The first-order valence-corrected chi connectivity index (χ1v) is 9.80. The van der Waals surface area contributed by atoms with Gasteiger partial charge in [-0.2, -0.15) is 5.10 Å². The van der Waals surface area contributed by atoms with E-state index in [4.69, 9.17) is 4.74 Å². The lowest BCUT2D eigenvalue weighted by atomic mass is 9.99. The number of fused-ring (bicyclic) bond motifs is 1. The molecule has 4 heteroatoms. The summed E-state index contributed by atoms with van der Waals surface area (Å²) in [7, 11) is 0. The van der Waals surface area contributed by atoms with E-state index in [1.54, 1.807) is 6.21 Å². The first kappa shape index (κ1) is 19.4. The molecule has 0 aliphatic carbocycles. The zero-order chi connectivity index (χ0) is 20.8. The third-order valence-corrected chi connectivity index (χ3v) is 4.89. The van der Waals surface area contributed by atoms with Crippen LogP contribution in [0.1, 0.15) is 27.0 Å². The summed E-state index contributed by atoms with van der Waals surface area (Å²) < 4.78 is 5.94. The van der Waals surface area contributed by atoms with Crippen molar-refractivity contribution >= 4 is 22.9 Å². The second-order valence-corrected chi connectivity index (χ2v) is 6.99. The Morgan fingerprint density at radius 3 is 2.50 bits per heavy atom. The van der Waals surface area contributed by atoms with Gasteiger partial charge in [0.2, 0.25) is 0 Å². The van der Waals surface area contributed by atoms with E-state index >= 15 is 0 Å². The third-order valence-electron chi connectivity index (χ3n) is 4.89. The summed E-state index contributed by atoms with van der Waals surface area (Å²) in [5.41, 5.74) is 6.09. The molecule has 0 atom stereocenters. The molecule has 4 aromatic rings. The van der Waals surface area contributed by atoms with Gasteiger partial charge in [-0.25, -0.2) is 5.43 Å². The zero-order valence-electron chi connectivity index (χ0n) is 16.7. The van der Waals surface area contributed by atoms with Crippen molar-refractivity contribution in [3.63, 3.8) is 0 Å². The summed E-state index contributed by atoms with van der Waals surface area (Å²) in [6, 6.07) is 29.4. The fraction of sp³-hybridized carbons (Fsp3) is 0.0769. The summed E-state index contributed by atoms with van der Waals surface area (Å²) in [5.74, 6) is 0.476. The van der Waals surface area contributed by atoms with Crippen molar-refractivity contribution in [2.75, 3.05) is 0 Å². The molecule has 0 saturated heterocycles. The SMILES string of the molecule is Cc1ccc2ccccc2c1C(=O)N/N=C\c1ccccc1OCc1ccccc1. The minimum atomic E-state index is -0.233. The van der Waals surface area contributed by atoms with E-state index in [1.807, 2.05) is 97.9 Å². The molecule has 4 aromatic carbocycles. The van der Waals surface area contributed by atoms with Gasteiger partial charge >= 0.3 is 0 Å². The molecule has 0 unspecified atom stereocenters. The fourth-order valence-electron chi connectivity index (χ4n) is 3.35. The van der Waals surface area contributed by atoms with E-state index in [9.17, 15) is 4.79 Å². The maximum atomic E-state index is 12.8. The Morgan fingerprint density at radius 1 is 0.900 bits per heavy atom. The normalized spacial score (nSPS) is 11.0. The van der Waals surface area contributed by atoms with Crippen molar-refractivity contribution in [3.05, 3.63) is 113 Å². The molecular formula is C26H22N2O2. The van der Waals surface area contributed by atoms with Crippen molar-refractivity contribution in [1.29, 1.82) is 0 Å². The van der Waals surface area contributed by atoms with Gasteiger partial charge in [0.25, 0.3) is 5.91 Å². The van der Waals surface area contributed by atoms with Gasteiger partial charge in [-0.15, -0.1) is 0 Å². The first-order valence-electron chi connectivity index (χ1n) is 9.80. The highest BCUT2D eigenvalue weighted by atomic mass is 16.5. The number of ether oxygens (including phenoxy) is 1. The minimum Gasteiger partial charge on any atom is -0.488 e. The number of nitrogens with one attached hydrogen (secondary N) is 1. The van der Waals surface area contributed by atoms with Crippen LogP contribution in [0.5, 0.6) is 5.75 Å². The van der Waals surface area contributed by atoms with Crippen LogP contribution in [0.3, 0.4) is 0 Å². The van der Waals surface area contributed by atoms with E-state index in [0.717, 1.165) is 27.5 Å². The lowest BCUT2D eigenvalue weighted by Crippen LogP contribution is -2.19. The average molecular weight is 394 g/mol. The van der Waals surface area contributed by atoms with Crippen molar-refractivity contribution < 1.29 is 9.53 Å². The Balaban J connectivity index is 1.49. The van der Waals surface area contributed by atoms with Gasteiger partial charge in [0.1, 0.15) is 12.4 Å². The smallest absolute Gasteiger partial charge is 0.272 e. The van der Waals surface area contributed by atoms with E-state index in [1.165, 1.54) is 0 Å². The van der Waals surface area contributed by atoms with Crippen molar-refractivity contribution in [2.24, 2.45) is 5.10 Å². The minimum absolute atomic E-state index is 0.233. The predicted molar refractivity (Wildman–Crippen MR) is 121 cm³/mol. The van der Waals surface area contributed by atoms with Crippen LogP contribution in [0.25, 0.3) is 10.8 Å². The molecule has 0 heterocycles. The van der Waals surface area contributed by atoms with Crippen molar-refractivity contribution in [2.45, 2.75) is 13.5 Å². The van der Waals surface area contributed by atoms with Crippen molar-refractivity contribution in [3.8, 4) is 5.75 Å². The topological polar surface area (TPSA) is 50.7 Å². The molecule has 0 aromatic heterocycles. The Labute approximate surface area is 175 Å². The maximum Gasteiger partial charge on any atom is 0.272 e. The van der Waals surface area contributed by atoms with Crippen LogP contribution in [0.2, 0.25) is 0 Å². The number of amides is 1. The fourth-order valence-corrected chi connectivity index (χ4v) is 3.35. The monoisotopic (exact) mass is 394 g/mol. The summed E-state index contributed by atoms with van der Waals surface area (Å²) in [6.45, 7) is 2.39. The second-order valence-electron chi connectivity index (χ2n) is 6.99. The highest BCUT2D eigenvalue weighted by Crippen LogP contribution is 2.22. The molecule has 148 valence electrons. The molecule has 0 bridgehead atoms. The first-order chi connectivity index (χ1) is 14.7. The Bertz CT molecular complexity index is 1200. The number of nitrogens with zero attached hydrogens (tertiary/aromatic N) is 1. The van der Waals surface area contributed by atoms with Crippen LogP contribution < -0.4 is 10.2 Å². The standard InChI is InChI=1S/C26H22N2O2/c1-19-15-16-21-11-5-7-13-23(21)25(19)26(29)28-27-17-22-12-6-8-14-24(22)30-18-20-9-3-2-4-10-20/h2-17H,18H2,1H3,(H,28,29)/b27-17-. The lowest BCUT2D eigenvalue weighted by Gasteiger charge is -2.10. The zero-order valence-corrected chi connectivity index (χ0v) is 16.7. The van der Waals surface area contributed by atoms with Crippen LogP contribution in [0.4, 0.5) is 0 Å². The number of aryl methyl sites for hydroxylation is 1. The molecule has 0 spiro atoms. The predicted octanol–water partition coefficient (Wildman–Crippen LogP) is 5.49. The van der Waals surface area contributed by atoms with Crippen LogP contribution in [-0.2, 0) is 6.61 Å². The van der Waals surface area contributed by atoms with E-state index in [-0.39, 0.29) is 5.91 Å². The number of carbonyl (C=O) groups excluding carboxylic acids is 1.